The topological polar surface area (TPSA) is 48.1 Å². The zero-order valence-electron chi connectivity index (χ0n) is 8.86. The number of hydrogen-bond donors (Lipinski definition) is 1. The Morgan fingerprint density at radius 3 is 2.82 bits per heavy atom. The minimum absolute atomic E-state index is 0.166. The smallest absolute Gasteiger partial charge is 0.233 e. The molecule has 0 spiro atoms. The molecule has 0 radical (unpaired) electrons. The van der Waals surface area contributed by atoms with Gasteiger partial charge in [0.05, 0.1) is 4.47 Å². The molecule has 2 aromatic rings. The van der Waals surface area contributed by atoms with E-state index in [0.29, 0.717) is 21.7 Å². The Hall–Kier alpha value is -1.46. The predicted molar refractivity (Wildman–Crippen MR) is 66.3 cm³/mol. The van der Waals surface area contributed by atoms with Crippen molar-refractivity contribution < 1.29 is 9.13 Å². The van der Waals surface area contributed by atoms with Gasteiger partial charge in [-0.3, -0.25) is 0 Å². The molecule has 0 saturated carbocycles. The summed E-state index contributed by atoms with van der Waals surface area (Å²) in [6, 6.07) is 8.12. The number of halogens is 2. The average Bonchev–Trinajstić information content (AvgIpc) is 2.32. The monoisotopic (exact) mass is 296 g/mol. The summed E-state index contributed by atoms with van der Waals surface area (Å²) in [4.78, 5) is 4.03. The second-order valence-corrected chi connectivity index (χ2v) is 4.20. The maximum Gasteiger partial charge on any atom is 0.233 e. The van der Waals surface area contributed by atoms with Crippen molar-refractivity contribution in [2.24, 2.45) is 5.73 Å². The highest BCUT2D eigenvalue weighted by Gasteiger charge is 2.06. The largest absolute Gasteiger partial charge is 0.438 e. The lowest BCUT2D eigenvalue weighted by atomic mass is 10.2. The van der Waals surface area contributed by atoms with Crippen LogP contribution in [0.15, 0.2) is 41.0 Å². The molecule has 0 amide bonds. The van der Waals surface area contributed by atoms with Crippen LogP contribution in [0.2, 0.25) is 0 Å². The number of aromatic nitrogens is 1. The normalized spacial score (nSPS) is 10.3. The van der Waals surface area contributed by atoms with Crippen LogP contribution in [0.4, 0.5) is 4.39 Å². The quantitative estimate of drug-likeness (QED) is 0.946. The van der Waals surface area contributed by atoms with E-state index in [-0.39, 0.29) is 12.4 Å². The molecule has 0 saturated heterocycles. The van der Waals surface area contributed by atoms with E-state index in [2.05, 4.69) is 20.9 Å². The Morgan fingerprint density at radius 2 is 2.18 bits per heavy atom. The van der Waals surface area contributed by atoms with Crippen LogP contribution in [-0.2, 0) is 6.54 Å². The van der Waals surface area contributed by atoms with E-state index in [1.165, 1.54) is 6.07 Å². The summed E-state index contributed by atoms with van der Waals surface area (Å²) in [6.45, 7) is 0.166. The standard InChI is InChI=1S/C12H10BrFN2O/c13-10-2-1-5-16-12(10)17-9-4-3-8(7-15)11(14)6-9/h1-6H,7,15H2. The van der Waals surface area contributed by atoms with Crippen molar-refractivity contribution in [2.45, 2.75) is 6.54 Å². The molecule has 0 aliphatic rings. The fourth-order valence-electron chi connectivity index (χ4n) is 1.32. The number of ether oxygens (including phenoxy) is 1. The first-order valence-corrected chi connectivity index (χ1v) is 5.77. The van der Waals surface area contributed by atoms with Gasteiger partial charge in [-0.1, -0.05) is 6.07 Å². The van der Waals surface area contributed by atoms with Crippen molar-refractivity contribution in [2.75, 3.05) is 0 Å². The molecular formula is C12H10BrFN2O. The van der Waals surface area contributed by atoms with Crippen molar-refractivity contribution in [3.05, 3.63) is 52.4 Å². The lowest BCUT2D eigenvalue weighted by Crippen LogP contribution is -1.99. The number of nitrogens with two attached hydrogens (primary N) is 1. The first-order chi connectivity index (χ1) is 8.20. The molecule has 0 aliphatic heterocycles. The van der Waals surface area contributed by atoms with Crippen molar-refractivity contribution in [1.82, 2.24) is 4.98 Å². The molecule has 0 atom stereocenters. The maximum absolute atomic E-state index is 13.5. The van der Waals surface area contributed by atoms with Crippen LogP contribution in [0.25, 0.3) is 0 Å². The van der Waals surface area contributed by atoms with Crippen LogP contribution in [-0.4, -0.2) is 4.98 Å². The van der Waals surface area contributed by atoms with Gasteiger partial charge in [-0.25, -0.2) is 9.37 Å². The predicted octanol–water partition coefficient (Wildman–Crippen LogP) is 3.23. The Bertz CT molecular complexity index is 534. The van der Waals surface area contributed by atoms with E-state index in [1.54, 1.807) is 30.5 Å². The van der Waals surface area contributed by atoms with Crippen molar-refractivity contribution >= 4 is 15.9 Å². The van der Waals surface area contributed by atoms with Gasteiger partial charge in [-0.2, -0.15) is 0 Å². The van der Waals surface area contributed by atoms with Gasteiger partial charge in [-0.15, -0.1) is 0 Å². The lowest BCUT2D eigenvalue weighted by molar-refractivity contribution is 0.454. The zero-order valence-corrected chi connectivity index (χ0v) is 10.4. The molecule has 3 nitrogen and oxygen atoms in total. The number of hydrogen-bond acceptors (Lipinski definition) is 3. The summed E-state index contributed by atoms with van der Waals surface area (Å²) in [5.74, 6) is 0.406. The van der Waals surface area contributed by atoms with Crippen LogP contribution in [0.3, 0.4) is 0 Å². The van der Waals surface area contributed by atoms with Gasteiger partial charge in [0.1, 0.15) is 11.6 Å². The fraction of sp³-hybridized carbons (Fsp3) is 0.0833. The lowest BCUT2D eigenvalue weighted by Gasteiger charge is -2.07. The number of pyridine rings is 1. The number of nitrogens with zero attached hydrogens (tertiary/aromatic N) is 1. The van der Waals surface area contributed by atoms with Crippen LogP contribution in [0, 0.1) is 5.82 Å². The Labute approximate surface area is 107 Å². The first-order valence-electron chi connectivity index (χ1n) is 4.97. The zero-order chi connectivity index (χ0) is 12.3. The second kappa shape index (κ2) is 5.25. The molecule has 88 valence electrons. The van der Waals surface area contributed by atoms with Crippen molar-refractivity contribution in [3.8, 4) is 11.6 Å². The third-order valence-corrected chi connectivity index (χ3v) is 2.79. The molecule has 1 heterocycles. The Balaban J connectivity index is 2.25. The van der Waals surface area contributed by atoms with Gasteiger partial charge < -0.3 is 10.5 Å². The molecule has 0 bridgehead atoms. The molecule has 2 rings (SSSR count). The summed E-state index contributed by atoms with van der Waals surface area (Å²) in [5.41, 5.74) is 5.83. The van der Waals surface area contributed by atoms with E-state index < -0.39 is 0 Å². The molecule has 1 aromatic heterocycles. The summed E-state index contributed by atoms with van der Waals surface area (Å²) in [6.07, 6.45) is 1.60. The maximum atomic E-state index is 13.5. The SMILES string of the molecule is NCc1ccc(Oc2ncccc2Br)cc1F. The van der Waals surface area contributed by atoms with E-state index >= 15 is 0 Å². The minimum Gasteiger partial charge on any atom is -0.438 e. The molecular weight excluding hydrogens is 287 g/mol. The van der Waals surface area contributed by atoms with Crippen molar-refractivity contribution in [3.63, 3.8) is 0 Å². The van der Waals surface area contributed by atoms with Crippen LogP contribution >= 0.6 is 15.9 Å². The van der Waals surface area contributed by atoms with Gasteiger partial charge in [0.15, 0.2) is 0 Å². The van der Waals surface area contributed by atoms with Crippen LogP contribution < -0.4 is 10.5 Å². The first kappa shape index (κ1) is 12.0. The van der Waals surface area contributed by atoms with Gasteiger partial charge in [0, 0.05) is 24.4 Å². The molecule has 0 fully saturated rings. The van der Waals surface area contributed by atoms with Gasteiger partial charge in [0.25, 0.3) is 0 Å². The highest BCUT2D eigenvalue weighted by molar-refractivity contribution is 9.10. The van der Waals surface area contributed by atoms with E-state index in [1.807, 2.05) is 0 Å². The summed E-state index contributed by atoms with van der Waals surface area (Å²) in [5, 5.41) is 0. The van der Waals surface area contributed by atoms with Crippen molar-refractivity contribution in [1.29, 1.82) is 0 Å². The molecule has 5 heteroatoms. The minimum atomic E-state index is -0.378. The molecule has 2 N–H and O–H groups in total. The number of rotatable bonds is 3. The van der Waals surface area contributed by atoms with Crippen LogP contribution in [0.1, 0.15) is 5.56 Å². The Kier molecular flexibility index (Phi) is 3.71. The Morgan fingerprint density at radius 1 is 1.35 bits per heavy atom. The molecule has 17 heavy (non-hydrogen) atoms. The van der Waals surface area contributed by atoms with E-state index in [4.69, 9.17) is 10.5 Å². The fourth-order valence-corrected chi connectivity index (χ4v) is 1.65. The molecule has 1 aromatic carbocycles. The molecule has 0 aliphatic carbocycles. The van der Waals surface area contributed by atoms with E-state index in [9.17, 15) is 4.39 Å². The van der Waals surface area contributed by atoms with Gasteiger partial charge in [-0.05, 0) is 34.1 Å². The highest BCUT2D eigenvalue weighted by Crippen LogP contribution is 2.27. The highest BCUT2D eigenvalue weighted by atomic mass is 79.9. The molecule has 0 unspecified atom stereocenters. The third-order valence-electron chi connectivity index (χ3n) is 2.18. The van der Waals surface area contributed by atoms with E-state index in [0.717, 1.165) is 0 Å². The third kappa shape index (κ3) is 2.81. The van der Waals surface area contributed by atoms with Gasteiger partial charge >= 0.3 is 0 Å². The number of benzene rings is 1. The summed E-state index contributed by atoms with van der Waals surface area (Å²) < 4.78 is 19.6. The van der Waals surface area contributed by atoms with Gasteiger partial charge in [0.2, 0.25) is 5.88 Å². The summed E-state index contributed by atoms with van der Waals surface area (Å²) in [7, 11) is 0. The average molecular weight is 297 g/mol. The van der Waals surface area contributed by atoms with Crippen LogP contribution in [0.5, 0.6) is 11.6 Å². The summed E-state index contributed by atoms with van der Waals surface area (Å²) >= 11 is 3.30. The second-order valence-electron chi connectivity index (χ2n) is 3.35.